The van der Waals surface area contributed by atoms with E-state index >= 15 is 0 Å². The highest BCUT2D eigenvalue weighted by atomic mass is 19.4. The largest absolute Gasteiger partial charge is 0.490 e. The van der Waals surface area contributed by atoms with Gasteiger partial charge in [-0.05, 0) is 35.7 Å². The van der Waals surface area contributed by atoms with Crippen molar-refractivity contribution in [2.45, 2.75) is 43.8 Å². The third kappa shape index (κ3) is 4.84. The van der Waals surface area contributed by atoms with Gasteiger partial charge in [0.1, 0.15) is 11.9 Å². The third-order valence-electron chi connectivity index (χ3n) is 5.12. The van der Waals surface area contributed by atoms with Crippen LogP contribution in [0, 0.1) is 5.92 Å². The standard InChI is InChI=1S/C21H23F3O4/c22-21(23,24)16-7-5-13(6-8-16)9-14-3-1-2-4-19(14)28-17-10-15(12-25)20(27)18(26)11-17/h1-8,15,17-18,20,25-27H,9-12H2/t15-,17-,18-,20-/m1/s1. The maximum Gasteiger partial charge on any atom is 0.416 e. The number of aliphatic hydroxyl groups excluding tert-OH is 3. The van der Waals surface area contributed by atoms with Crippen molar-refractivity contribution in [3.63, 3.8) is 0 Å². The average molecular weight is 396 g/mol. The Kier molecular flexibility index (Phi) is 6.27. The summed E-state index contributed by atoms with van der Waals surface area (Å²) in [6.45, 7) is -0.245. The van der Waals surface area contributed by atoms with Crippen LogP contribution in [-0.4, -0.2) is 40.2 Å². The van der Waals surface area contributed by atoms with Gasteiger partial charge in [0, 0.05) is 25.4 Å². The topological polar surface area (TPSA) is 69.9 Å². The van der Waals surface area contributed by atoms with Gasteiger partial charge in [-0.3, -0.25) is 0 Å². The Labute approximate surface area is 161 Å². The zero-order valence-corrected chi connectivity index (χ0v) is 15.1. The molecule has 0 unspecified atom stereocenters. The van der Waals surface area contributed by atoms with Gasteiger partial charge in [0.25, 0.3) is 0 Å². The number of hydrogen-bond acceptors (Lipinski definition) is 4. The maximum absolute atomic E-state index is 12.7. The van der Waals surface area contributed by atoms with E-state index in [1.165, 1.54) is 12.1 Å². The number of halogens is 3. The predicted octanol–water partition coefficient (Wildman–Crippen LogP) is 3.17. The molecule has 0 amide bonds. The molecule has 0 heterocycles. The highest BCUT2D eigenvalue weighted by Gasteiger charge is 2.36. The lowest BCUT2D eigenvalue weighted by Gasteiger charge is -2.36. The first kappa shape index (κ1) is 20.6. The highest BCUT2D eigenvalue weighted by Crippen LogP contribution is 2.32. The van der Waals surface area contributed by atoms with Gasteiger partial charge in [0.15, 0.2) is 0 Å². The van der Waals surface area contributed by atoms with Gasteiger partial charge >= 0.3 is 6.18 Å². The van der Waals surface area contributed by atoms with Gasteiger partial charge in [-0.1, -0.05) is 30.3 Å². The normalized spacial score (nSPS) is 25.5. The molecule has 1 aliphatic carbocycles. The molecule has 0 spiro atoms. The molecule has 2 aromatic carbocycles. The van der Waals surface area contributed by atoms with Crippen LogP contribution in [-0.2, 0) is 12.6 Å². The molecule has 0 aliphatic heterocycles. The van der Waals surface area contributed by atoms with Crippen LogP contribution in [0.3, 0.4) is 0 Å². The zero-order valence-electron chi connectivity index (χ0n) is 15.1. The Balaban J connectivity index is 1.73. The minimum absolute atomic E-state index is 0.242. The second-order valence-corrected chi connectivity index (χ2v) is 7.19. The Morgan fingerprint density at radius 1 is 0.964 bits per heavy atom. The molecule has 0 bridgehead atoms. The molecule has 1 fully saturated rings. The smallest absolute Gasteiger partial charge is 0.416 e. The van der Waals surface area contributed by atoms with Crippen molar-refractivity contribution in [1.29, 1.82) is 0 Å². The molecule has 2 aromatic rings. The summed E-state index contributed by atoms with van der Waals surface area (Å²) in [6.07, 6.45) is -5.64. The lowest BCUT2D eigenvalue weighted by atomic mass is 9.83. The molecule has 1 aliphatic rings. The SMILES string of the molecule is OC[C@H]1C[C@@H](Oc2ccccc2Cc2ccc(C(F)(F)F)cc2)C[C@@H](O)[C@@H]1O. The van der Waals surface area contributed by atoms with Gasteiger partial charge < -0.3 is 20.1 Å². The number of hydrogen-bond donors (Lipinski definition) is 3. The number of para-hydroxylation sites is 1. The molecule has 0 radical (unpaired) electrons. The van der Waals surface area contributed by atoms with E-state index in [-0.39, 0.29) is 19.1 Å². The van der Waals surface area contributed by atoms with Crippen LogP contribution in [0.4, 0.5) is 13.2 Å². The lowest BCUT2D eigenvalue weighted by molar-refractivity contribution is -0.137. The molecule has 3 N–H and O–H groups in total. The van der Waals surface area contributed by atoms with Gasteiger partial charge in [0.2, 0.25) is 0 Å². The van der Waals surface area contributed by atoms with E-state index in [1.54, 1.807) is 12.1 Å². The molecular weight excluding hydrogens is 373 g/mol. The Hall–Kier alpha value is -2.09. The van der Waals surface area contributed by atoms with Crippen LogP contribution in [0.15, 0.2) is 48.5 Å². The average Bonchev–Trinajstić information content (AvgIpc) is 2.66. The fraction of sp³-hybridized carbons (Fsp3) is 0.429. The molecule has 0 aromatic heterocycles. The van der Waals surface area contributed by atoms with Crippen molar-refractivity contribution in [3.05, 3.63) is 65.2 Å². The molecule has 3 rings (SSSR count). The van der Waals surface area contributed by atoms with Gasteiger partial charge in [-0.15, -0.1) is 0 Å². The van der Waals surface area contributed by atoms with Crippen LogP contribution in [0.5, 0.6) is 5.75 Å². The second kappa shape index (κ2) is 8.51. The van der Waals surface area contributed by atoms with E-state index in [0.717, 1.165) is 23.3 Å². The van der Waals surface area contributed by atoms with Crippen molar-refractivity contribution >= 4 is 0 Å². The molecule has 7 heteroatoms. The highest BCUT2D eigenvalue weighted by molar-refractivity contribution is 5.38. The van der Waals surface area contributed by atoms with E-state index in [0.29, 0.717) is 18.6 Å². The first-order valence-corrected chi connectivity index (χ1v) is 9.15. The van der Waals surface area contributed by atoms with Crippen molar-refractivity contribution < 1.29 is 33.2 Å². The monoisotopic (exact) mass is 396 g/mol. The fourth-order valence-electron chi connectivity index (χ4n) is 3.55. The van der Waals surface area contributed by atoms with Gasteiger partial charge in [-0.2, -0.15) is 13.2 Å². The zero-order chi connectivity index (χ0) is 20.3. The Bertz CT molecular complexity index is 776. The van der Waals surface area contributed by atoms with Crippen LogP contribution >= 0.6 is 0 Å². The third-order valence-corrected chi connectivity index (χ3v) is 5.12. The van der Waals surface area contributed by atoms with Crippen molar-refractivity contribution in [3.8, 4) is 5.75 Å². The summed E-state index contributed by atoms with van der Waals surface area (Å²) in [4.78, 5) is 0. The number of ether oxygens (including phenoxy) is 1. The number of aliphatic hydroxyl groups is 3. The summed E-state index contributed by atoms with van der Waals surface area (Å²) < 4.78 is 44.2. The number of benzene rings is 2. The second-order valence-electron chi connectivity index (χ2n) is 7.19. The minimum Gasteiger partial charge on any atom is -0.490 e. The summed E-state index contributed by atoms with van der Waals surface area (Å²) >= 11 is 0. The Morgan fingerprint density at radius 2 is 1.64 bits per heavy atom. The summed E-state index contributed by atoms with van der Waals surface area (Å²) in [5, 5.41) is 29.3. The molecule has 28 heavy (non-hydrogen) atoms. The molecule has 152 valence electrons. The molecule has 4 atom stereocenters. The van der Waals surface area contributed by atoms with E-state index in [9.17, 15) is 28.5 Å². The molecule has 4 nitrogen and oxygen atoms in total. The molecular formula is C21H23F3O4. The van der Waals surface area contributed by atoms with Crippen LogP contribution in [0.2, 0.25) is 0 Å². The Morgan fingerprint density at radius 3 is 2.29 bits per heavy atom. The first-order valence-electron chi connectivity index (χ1n) is 9.15. The minimum atomic E-state index is -4.37. The summed E-state index contributed by atoms with van der Waals surface area (Å²) in [5.74, 6) is 0.114. The van der Waals surface area contributed by atoms with E-state index in [2.05, 4.69) is 0 Å². The van der Waals surface area contributed by atoms with Crippen LogP contribution in [0.1, 0.15) is 29.5 Å². The number of alkyl halides is 3. The van der Waals surface area contributed by atoms with Gasteiger partial charge in [0.05, 0.1) is 17.8 Å². The summed E-state index contributed by atoms with van der Waals surface area (Å²) in [6, 6.07) is 12.2. The van der Waals surface area contributed by atoms with Crippen molar-refractivity contribution in [1.82, 2.24) is 0 Å². The number of rotatable bonds is 5. The van der Waals surface area contributed by atoms with Crippen LogP contribution < -0.4 is 4.74 Å². The van der Waals surface area contributed by atoms with Crippen LogP contribution in [0.25, 0.3) is 0 Å². The summed E-state index contributed by atoms with van der Waals surface area (Å²) in [7, 11) is 0. The molecule has 1 saturated carbocycles. The quantitative estimate of drug-likeness (QED) is 0.726. The predicted molar refractivity (Wildman–Crippen MR) is 96.9 cm³/mol. The maximum atomic E-state index is 12.7. The lowest BCUT2D eigenvalue weighted by Crippen LogP contribution is -2.46. The van der Waals surface area contributed by atoms with E-state index in [1.807, 2.05) is 12.1 Å². The van der Waals surface area contributed by atoms with Crippen molar-refractivity contribution in [2.75, 3.05) is 6.61 Å². The first-order chi connectivity index (χ1) is 13.3. The fourth-order valence-corrected chi connectivity index (χ4v) is 3.55. The molecule has 0 saturated heterocycles. The van der Waals surface area contributed by atoms with E-state index < -0.39 is 29.9 Å². The van der Waals surface area contributed by atoms with Crippen molar-refractivity contribution in [2.24, 2.45) is 5.92 Å². The van der Waals surface area contributed by atoms with Gasteiger partial charge in [-0.25, -0.2) is 0 Å². The van der Waals surface area contributed by atoms with E-state index in [4.69, 9.17) is 4.74 Å². The summed E-state index contributed by atoms with van der Waals surface area (Å²) in [5.41, 5.74) is 0.838.